The first kappa shape index (κ1) is 29.3. The average molecular weight is 536 g/mol. The standard InChI is InChI=1S/C24H33N5O5S2/c1-16(30)21(29-36(33,34)15-18-6-4-3-5-7-18)24(32)28-20(12-13-35-2)23(31)27-14-17-8-10-19(11-9-17)22(25)26/h3-11,16,20-21,29-30H,12-15H2,1-2H3,(H3,25,26)(H,27,31)(H,28,32)/t16-,20+,21-/m1/s1. The van der Waals surface area contributed by atoms with E-state index in [0.29, 0.717) is 23.3 Å². The van der Waals surface area contributed by atoms with Gasteiger partial charge in [-0.25, -0.2) is 8.42 Å². The number of rotatable bonds is 14. The van der Waals surface area contributed by atoms with Crippen LogP contribution in [0, 0.1) is 5.41 Å². The minimum absolute atomic E-state index is 0.0579. The highest BCUT2D eigenvalue weighted by Crippen LogP contribution is 2.09. The van der Waals surface area contributed by atoms with Crippen molar-refractivity contribution < 1.29 is 23.1 Å². The van der Waals surface area contributed by atoms with E-state index in [0.717, 1.165) is 5.56 Å². The van der Waals surface area contributed by atoms with Crippen LogP contribution in [0.1, 0.15) is 30.0 Å². The zero-order valence-electron chi connectivity index (χ0n) is 20.2. The Morgan fingerprint density at radius 1 is 1.06 bits per heavy atom. The number of carbonyl (C=O) groups is 2. The Balaban J connectivity index is 2.06. The van der Waals surface area contributed by atoms with Crippen molar-refractivity contribution in [2.75, 3.05) is 12.0 Å². The molecule has 0 heterocycles. The maximum absolute atomic E-state index is 13.0. The Kier molecular flexibility index (Phi) is 11.4. The van der Waals surface area contributed by atoms with Crippen LogP contribution in [0.2, 0.25) is 0 Å². The average Bonchev–Trinajstić information content (AvgIpc) is 2.83. The molecule has 0 unspecified atom stereocenters. The summed E-state index contributed by atoms with van der Waals surface area (Å²) in [7, 11) is -3.95. The molecule has 196 valence electrons. The van der Waals surface area contributed by atoms with Gasteiger partial charge in [0.05, 0.1) is 11.9 Å². The third-order valence-electron chi connectivity index (χ3n) is 5.25. The van der Waals surface area contributed by atoms with Gasteiger partial charge in [-0.1, -0.05) is 54.6 Å². The molecule has 0 aliphatic carbocycles. The highest BCUT2D eigenvalue weighted by atomic mass is 32.2. The third kappa shape index (κ3) is 9.61. The van der Waals surface area contributed by atoms with E-state index in [1.165, 1.54) is 18.7 Å². The maximum Gasteiger partial charge on any atom is 0.242 e. The van der Waals surface area contributed by atoms with Crippen LogP contribution in [0.3, 0.4) is 0 Å². The summed E-state index contributed by atoms with van der Waals surface area (Å²) in [6.07, 6.45) is 0.842. The molecule has 2 amide bonds. The van der Waals surface area contributed by atoms with Crippen LogP contribution in [0.25, 0.3) is 0 Å². The second-order valence-electron chi connectivity index (χ2n) is 8.25. The fourth-order valence-electron chi connectivity index (χ4n) is 3.28. The van der Waals surface area contributed by atoms with Gasteiger partial charge >= 0.3 is 0 Å². The first-order valence-electron chi connectivity index (χ1n) is 11.2. The van der Waals surface area contributed by atoms with E-state index >= 15 is 0 Å². The Labute approximate surface area is 216 Å². The molecule has 0 aromatic heterocycles. The topological polar surface area (TPSA) is 174 Å². The minimum atomic E-state index is -3.95. The highest BCUT2D eigenvalue weighted by molar-refractivity contribution is 7.98. The van der Waals surface area contributed by atoms with Gasteiger partial charge in [0.15, 0.2) is 0 Å². The molecule has 0 radical (unpaired) electrons. The number of nitrogens with one attached hydrogen (secondary N) is 4. The van der Waals surface area contributed by atoms with Crippen molar-refractivity contribution in [1.29, 1.82) is 5.41 Å². The SMILES string of the molecule is CSCC[C@H](NC(=O)[C@H](NS(=O)(=O)Cc1ccccc1)[C@@H](C)O)C(=O)NCc1ccc(C(=N)N)cc1. The Morgan fingerprint density at radius 2 is 1.69 bits per heavy atom. The zero-order chi connectivity index (χ0) is 26.7. The number of amidine groups is 1. The number of hydrogen-bond acceptors (Lipinski definition) is 7. The van der Waals surface area contributed by atoms with E-state index in [4.69, 9.17) is 11.1 Å². The second-order valence-corrected chi connectivity index (χ2v) is 11.0. The van der Waals surface area contributed by atoms with Crippen LogP contribution < -0.4 is 21.1 Å². The van der Waals surface area contributed by atoms with Crippen LogP contribution in [0.5, 0.6) is 0 Å². The van der Waals surface area contributed by atoms with Gasteiger partial charge in [0.1, 0.15) is 17.9 Å². The molecule has 3 atom stereocenters. The summed E-state index contributed by atoms with van der Waals surface area (Å²) < 4.78 is 27.5. The molecule has 0 aliphatic heterocycles. The summed E-state index contributed by atoms with van der Waals surface area (Å²) in [4.78, 5) is 25.8. The van der Waals surface area contributed by atoms with E-state index < -0.39 is 40.0 Å². The number of nitrogen functional groups attached to an aromatic ring is 1. The fourth-order valence-corrected chi connectivity index (χ4v) is 5.16. The van der Waals surface area contributed by atoms with Gasteiger partial charge in [-0.05, 0) is 36.5 Å². The molecule has 36 heavy (non-hydrogen) atoms. The number of amides is 2. The van der Waals surface area contributed by atoms with E-state index in [1.54, 1.807) is 54.6 Å². The maximum atomic E-state index is 13.0. The first-order valence-corrected chi connectivity index (χ1v) is 14.3. The minimum Gasteiger partial charge on any atom is -0.391 e. The predicted molar refractivity (Wildman–Crippen MR) is 142 cm³/mol. The predicted octanol–water partition coefficient (Wildman–Crippen LogP) is 0.694. The quantitative estimate of drug-likeness (QED) is 0.152. The van der Waals surface area contributed by atoms with Crippen LogP contribution in [0.15, 0.2) is 54.6 Å². The van der Waals surface area contributed by atoms with Gasteiger partial charge in [-0.2, -0.15) is 16.5 Å². The van der Waals surface area contributed by atoms with Crippen LogP contribution >= 0.6 is 11.8 Å². The van der Waals surface area contributed by atoms with E-state index in [-0.39, 0.29) is 18.1 Å². The largest absolute Gasteiger partial charge is 0.391 e. The van der Waals surface area contributed by atoms with E-state index in [9.17, 15) is 23.1 Å². The summed E-state index contributed by atoms with van der Waals surface area (Å²) >= 11 is 1.50. The van der Waals surface area contributed by atoms with Gasteiger partial charge in [0.2, 0.25) is 21.8 Å². The zero-order valence-corrected chi connectivity index (χ0v) is 21.9. The molecule has 12 heteroatoms. The summed E-state index contributed by atoms with van der Waals surface area (Å²) in [6, 6.07) is 12.9. The fraction of sp³-hybridized carbons (Fsp3) is 0.375. The van der Waals surface area contributed by atoms with Gasteiger partial charge in [0.25, 0.3) is 0 Å². The number of hydrogen-bond donors (Lipinski definition) is 6. The molecular formula is C24H33N5O5S2. The van der Waals surface area contributed by atoms with Crippen LogP contribution in [-0.4, -0.2) is 61.4 Å². The van der Waals surface area contributed by atoms with Gasteiger partial charge in [0, 0.05) is 12.1 Å². The summed E-state index contributed by atoms with van der Waals surface area (Å²) in [6.45, 7) is 1.49. The van der Waals surface area contributed by atoms with Crippen molar-refractivity contribution in [3.63, 3.8) is 0 Å². The smallest absolute Gasteiger partial charge is 0.242 e. The number of aliphatic hydroxyl groups is 1. The van der Waals surface area contributed by atoms with Crippen molar-refractivity contribution in [2.24, 2.45) is 5.73 Å². The van der Waals surface area contributed by atoms with Crippen molar-refractivity contribution in [3.05, 3.63) is 71.3 Å². The number of thioether (sulfide) groups is 1. The van der Waals surface area contributed by atoms with E-state index in [1.807, 2.05) is 6.26 Å². The molecule has 10 nitrogen and oxygen atoms in total. The lowest BCUT2D eigenvalue weighted by Crippen LogP contribution is -2.57. The van der Waals surface area contributed by atoms with Crippen molar-refractivity contribution >= 4 is 39.4 Å². The van der Waals surface area contributed by atoms with Crippen molar-refractivity contribution in [3.8, 4) is 0 Å². The van der Waals surface area contributed by atoms with Gasteiger partial charge < -0.3 is 21.5 Å². The molecule has 0 saturated heterocycles. The molecule has 0 bridgehead atoms. The Morgan fingerprint density at radius 3 is 2.25 bits per heavy atom. The normalized spacial score (nSPS) is 13.9. The number of carbonyl (C=O) groups excluding carboxylic acids is 2. The van der Waals surface area contributed by atoms with Crippen LogP contribution in [-0.2, 0) is 31.9 Å². The molecule has 2 rings (SSSR count). The number of nitrogens with two attached hydrogens (primary N) is 1. The molecule has 2 aromatic rings. The highest BCUT2D eigenvalue weighted by Gasteiger charge is 2.31. The molecule has 7 N–H and O–H groups in total. The molecule has 0 fully saturated rings. The molecule has 0 saturated carbocycles. The van der Waals surface area contributed by atoms with Crippen molar-refractivity contribution in [1.82, 2.24) is 15.4 Å². The lowest BCUT2D eigenvalue weighted by atomic mass is 10.1. The van der Waals surface area contributed by atoms with Crippen molar-refractivity contribution in [2.45, 2.75) is 43.8 Å². The molecule has 2 aromatic carbocycles. The van der Waals surface area contributed by atoms with E-state index in [2.05, 4.69) is 15.4 Å². The first-order chi connectivity index (χ1) is 17.0. The third-order valence-corrected chi connectivity index (χ3v) is 7.22. The number of benzene rings is 2. The molecule has 0 spiro atoms. The summed E-state index contributed by atoms with van der Waals surface area (Å²) in [5, 5.41) is 22.9. The Bertz CT molecular complexity index is 1130. The van der Waals surface area contributed by atoms with Crippen LogP contribution in [0.4, 0.5) is 0 Å². The Hall–Kier alpha value is -2.93. The summed E-state index contributed by atoms with van der Waals surface area (Å²) in [5.41, 5.74) is 7.32. The number of sulfonamides is 1. The van der Waals surface area contributed by atoms with Gasteiger partial charge in [-0.15, -0.1) is 0 Å². The lowest BCUT2D eigenvalue weighted by molar-refractivity contribution is -0.131. The van der Waals surface area contributed by atoms with Gasteiger partial charge in [-0.3, -0.25) is 15.0 Å². The lowest BCUT2D eigenvalue weighted by Gasteiger charge is -2.24. The summed E-state index contributed by atoms with van der Waals surface area (Å²) in [5.74, 6) is -1.08. The number of aliphatic hydroxyl groups excluding tert-OH is 1. The molecular weight excluding hydrogens is 502 g/mol. The second kappa shape index (κ2) is 14.0. The monoisotopic (exact) mass is 535 g/mol. The molecule has 0 aliphatic rings.